The van der Waals surface area contributed by atoms with E-state index >= 15 is 0 Å². The van der Waals surface area contributed by atoms with E-state index in [4.69, 9.17) is 9.97 Å². The molecule has 0 unspecified atom stereocenters. The fourth-order valence-electron chi connectivity index (χ4n) is 9.64. The number of rotatable bonds is 4. The molecule has 13 rings (SSSR count). The molecule has 278 valence electrons. The maximum Gasteiger partial charge on any atom is 0.235 e. The quantitative estimate of drug-likeness (QED) is 0.178. The molecular weight excluding hydrogens is 747 g/mol. The number of hydrogen-bond donors (Lipinski definition) is 0. The molecule has 0 radical (unpaired) electrons. The van der Waals surface area contributed by atoms with Crippen LogP contribution in [0.15, 0.2) is 200 Å². The van der Waals surface area contributed by atoms with Gasteiger partial charge in [-0.05, 0) is 67.9 Å². The number of hydrogen-bond acceptors (Lipinski definition) is 3. The summed E-state index contributed by atoms with van der Waals surface area (Å²) in [5, 5.41) is 13.4. The summed E-state index contributed by atoms with van der Waals surface area (Å²) in [6, 6.07) is 72.6. The lowest BCUT2D eigenvalue weighted by Gasteiger charge is -2.15. The van der Waals surface area contributed by atoms with E-state index in [0.717, 1.165) is 38.8 Å². The smallest absolute Gasteiger partial charge is 0.235 e. The highest BCUT2D eigenvalue weighted by molar-refractivity contribution is 7.26. The van der Waals surface area contributed by atoms with Crippen LogP contribution in [-0.4, -0.2) is 14.5 Å². The fraction of sp³-hybridized carbons (Fsp3) is 0. The van der Waals surface area contributed by atoms with E-state index < -0.39 is 0 Å². The van der Waals surface area contributed by atoms with Crippen LogP contribution in [0.2, 0.25) is 0 Å². The summed E-state index contributed by atoms with van der Waals surface area (Å²) in [7, 11) is 0. The third kappa shape index (κ3) is 4.95. The van der Waals surface area contributed by atoms with Gasteiger partial charge in [-0.15, -0.1) is 11.3 Å². The summed E-state index contributed by atoms with van der Waals surface area (Å²) in [5.74, 6) is 0.652. The van der Waals surface area contributed by atoms with Gasteiger partial charge in [-0.3, -0.25) is 4.57 Å². The second-order valence-electron chi connectivity index (χ2n) is 15.7. The first-order valence-corrected chi connectivity index (χ1v) is 21.2. The number of benzene rings is 10. The Hall–Kier alpha value is -7.66. The minimum atomic E-state index is 0.652. The first kappa shape index (κ1) is 33.3. The van der Waals surface area contributed by atoms with E-state index in [-0.39, 0.29) is 0 Å². The van der Waals surface area contributed by atoms with Crippen LogP contribution in [0.1, 0.15) is 0 Å². The Morgan fingerprint density at radius 2 is 0.933 bits per heavy atom. The molecule has 0 saturated carbocycles. The molecule has 0 fully saturated rings. The lowest BCUT2D eigenvalue weighted by atomic mass is 9.96. The van der Waals surface area contributed by atoms with E-state index in [0.29, 0.717) is 5.95 Å². The molecule has 0 aliphatic rings. The number of nitrogens with zero attached hydrogens (tertiary/aromatic N) is 3. The highest BCUT2D eigenvalue weighted by Gasteiger charge is 2.22. The highest BCUT2D eigenvalue weighted by atomic mass is 32.1. The summed E-state index contributed by atoms with van der Waals surface area (Å²) < 4.78 is 4.94. The Balaban J connectivity index is 1.08. The topological polar surface area (TPSA) is 30.7 Å². The molecular formula is C56H33N3S. The minimum Gasteiger partial charge on any atom is -0.277 e. The van der Waals surface area contributed by atoms with Crippen LogP contribution in [0, 0.1) is 0 Å². The zero-order valence-electron chi connectivity index (χ0n) is 32.3. The average Bonchev–Trinajstić information content (AvgIpc) is 3.87. The third-order valence-corrected chi connectivity index (χ3v) is 13.5. The van der Waals surface area contributed by atoms with Crippen LogP contribution < -0.4 is 0 Å². The predicted molar refractivity (Wildman–Crippen MR) is 256 cm³/mol. The molecule has 0 spiro atoms. The average molecular weight is 780 g/mol. The van der Waals surface area contributed by atoms with Crippen molar-refractivity contribution in [2.24, 2.45) is 0 Å². The maximum absolute atomic E-state index is 5.58. The van der Waals surface area contributed by atoms with Gasteiger partial charge < -0.3 is 0 Å². The Morgan fingerprint density at radius 3 is 1.78 bits per heavy atom. The van der Waals surface area contributed by atoms with Gasteiger partial charge in [0.1, 0.15) is 0 Å². The van der Waals surface area contributed by atoms with Crippen molar-refractivity contribution in [1.29, 1.82) is 0 Å². The number of thiophene rings is 1. The van der Waals surface area contributed by atoms with E-state index in [1.54, 1.807) is 0 Å². The van der Waals surface area contributed by atoms with Gasteiger partial charge in [0.05, 0.1) is 22.2 Å². The van der Waals surface area contributed by atoms with Gasteiger partial charge in [-0.1, -0.05) is 176 Å². The molecule has 0 saturated heterocycles. The summed E-state index contributed by atoms with van der Waals surface area (Å²) in [6.45, 7) is 0. The largest absolute Gasteiger partial charge is 0.277 e. The van der Waals surface area contributed by atoms with Crippen molar-refractivity contribution >= 4 is 96.5 Å². The first-order chi connectivity index (χ1) is 29.7. The van der Waals surface area contributed by atoms with Gasteiger partial charge in [0.25, 0.3) is 0 Å². The Labute approximate surface area is 349 Å². The van der Waals surface area contributed by atoms with Gasteiger partial charge >= 0.3 is 0 Å². The number of aromatic nitrogens is 3. The van der Waals surface area contributed by atoms with Gasteiger partial charge in [0.2, 0.25) is 5.95 Å². The van der Waals surface area contributed by atoms with Crippen molar-refractivity contribution < 1.29 is 0 Å². The number of para-hydroxylation sites is 2. The maximum atomic E-state index is 5.58. The molecule has 10 aromatic carbocycles. The monoisotopic (exact) mass is 779 g/mol. The molecule has 4 heteroatoms. The van der Waals surface area contributed by atoms with Gasteiger partial charge in [-0.25, -0.2) is 9.97 Å². The SMILES string of the molecule is c1ccc2c(-c3ccc(-c4nc(-n5c6c(-c7ccc8sc9ccc%10ccccc%10c9c8c7)cccc6c6ccc7ccccc7c65)nc5ccccc45)cc3)cccc2c1. The van der Waals surface area contributed by atoms with Gasteiger partial charge in [0, 0.05) is 52.8 Å². The predicted octanol–water partition coefficient (Wildman–Crippen LogP) is 15.6. The molecule has 0 aliphatic heterocycles. The van der Waals surface area contributed by atoms with Crippen molar-refractivity contribution in [3.63, 3.8) is 0 Å². The van der Waals surface area contributed by atoms with Crippen LogP contribution in [0.25, 0.3) is 125 Å². The highest BCUT2D eigenvalue weighted by Crippen LogP contribution is 2.44. The third-order valence-electron chi connectivity index (χ3n) is 12.4. The van der Waals surface area contributed by atoms with Crippen LogP contribution >= 0.6 is 11.3 Å². The second kappa shape index (κ2) is 12.9. The van der Waals surface area contributed by atoms with Crippen LogP contribution in [0.5, 0.6) is 0 Å². The Morgan fingerprint density at radius 1 is 0.350 bits per heavy atom. The van der Waals surface area contributed by atoms with Gasteiger partial charge in [0.15, 0.2) is 0 Å². The van der Waals surface area contributed by atoms with Crippen molar-refractivity contribution in [2.45, 2.75) is 0 Å². The van der Waals surface area contributed by atoms with Crippen LogP contribution in [0.4, 0.5) is 0 Å². The molecule has 3 heterocycles. The van der Waals surface area contributed by atoms with Crippen LogP contribution in [0.3, 0.4) is 0 Å². The Bertz CT molecular complexity index is 3890. The lowest BCUT2D eigenvalue weighted by Crippen LogP contribution is -2.04. The summed E-state index contributed by atoms with van der Waals surface area (Å²) in [5.41, 5.74) is 9.77. The van der Waals surface area contributed by atoms with E-state index in [2.05, 4.69) is 205 Å². The standard InChI is InChI=1S/C56H33N3S/c1-4-15-40-34(11-1)14-9-19-41(40)37-23-25-38(26-24-37)53-47-18-7-8-22-49(47)57-56(58-53)59-54-43-17-6-3-13-36(43)27-30-46(54)45-21-10-20-44(55(45)59)39-29-31-50-48(33-39)52-42-16-5-2-12-35(42)28-32-51(52)60-50/h1-33H. The summed E-state index contributed by atoms with van der Waals surface area (Å²) in [6.07, 6.45) is 0. The van der Waals surface area contributed by atoms with Crippen molar-refractivity contribution in [1.82, 2.24) is 14.5 Å². The van der Waals surface area contributed by atoms with Crippen molar-refractivity contribution in [3.8, 4) is 39.5 Å². The molecule has 13 aromatic rings. The minimum absolute atomic E-state index is 0.652. The number of fused-ring (bicyclic) bond motifs is 12. The molecule has 3 aromatic heterocycles. The molecule has 0 aliphatic carbocycles. The molecule has 60 heavy (non-hydrogen) atoms. The van der Waals surface area contributed by atoms with E-state index in [9.17, 15) is 0 Å². The van der Waals surface area contributed by atoms with E-state index in [1.165, 1.54) is 80.0 Å². The normalized spacial score (nSPS) is 12.0. The van der Waals surface area contributed by atoms with Crippen molar-refractivity contribution in [3.05, 3.63) is 200 Å². The fourth-order valence-corrected chi connectivity index (χ4v) is 10.7. The molecule has 3 nitrogen and oxygen atoms in total. The van der Waals surface area contributed by atoms with Crippen LogP contribution in [-0.2, 0) is 0 Å². The molecule has 0 atom stereocenters. The zero-order chi connectivity index (χ0) is 39.3. The molecule has 0 bridgehead atoms. The molecule has 0 amide bonds. The van der Waals surface area contributed by atoms with Crippen molar-refractivity contribution in [2.75, 3.05) is 0 Å². The first-order valence-electron chi connectivity index (χ1n) is 20.4. The second-order valence-corrected chi connectivity index (χ2v) is 16.8. The zero-order valence-corrected chi connectivity index (χ0v) is 33.1. The summed E-state index contributed by atoms with van der Waals surface area (Å²) >= 11 is 1.86. The van der Waals surface area contributed by atoms with Gasteiger partial charge in [-0.2, -0.15) is 0 Å². The Kier molecular flexibility index (Phi) is 7.18. The summed E-state index contributed by atoms with van der Waals surface area (Å²) in [4.78, 5) is 11.0. The molecule has 0 N–H and O–H groups in total. The lowest BCUT2D eigenvalue weighted by molar-refractivity contribution is 1.02. The van der Waals surface area contributed by atoms with E-state index in [1.807, 2.05) is 11.3 Å².